The van der Waals surface area contributed by atoms with E-state index >= 15 is 0 Å². The second-order valence-electron chi connectivity index (χ2n) is 7.04. The number of nitrogens with zero attached hydrogens (tertiary/aromatic N) is 3. The monoisotopic (exact) mass is 374 g/mol. The summed E-state index contributed by atoms with van der Waals surface area (Å²) in [5.41, 5.74) is 4.27. The highest BCUT2D eigenvalue weighted by atomic mass is 16.2. The van der Waals surface area contributed by atoms with Crippen LogP contribution in [0.25, 0.3) is 0 Å². The summed E-state index contributed by atoms with van der Waals surface area (Å²) >= 11 is 0. The number of hydrogen-bond acceptors (Lipinski definition) is 3. The van der Waals surface area contributed by atoms with Gasteiger partial charge in [0.1, 0.15) is 0 Å². The summed E-state index contributed by atoms with van der Waals surface area (Å²) in [6, 6.07) is 13.2. The third kappa shape index (κ3) is 3.81. The Morgan fingerprint density at radius 1 is 1.18 bits per heavy atom. The van der Waals surface area contributed by atoms with Gasteiger partial charge in [0.15, 0.2) is 0 Å². The molecule has 0 bridgehead atoms. The van der Waals surface area contributed by atoms with Crippen LogP contribution >= 0.6 is 0 Å². The molecule has 1 saturated heterocycles. The van der Waals surface area contributed by atoms with Gasteiger partial charge in [-0.3, -0.25) is 9.59 Å². The minimum Gasteiger partial charge on any atom is -0.333 e. The van der Waals surface area contributed by atoms with Gasteiger partial charge in [-0.25, -0.2) is 4.98 Å². The summed E-state index contributed by atoms with van der Waals surface area (Å²) < 4.78 is 1.97. The van der Waals surface area contributed by atoms with Gasteiger partial charge in [0.25, 0.3) is 5.91 Å². The molecule has 0 unspecified atom stereocenters. The van der Waals surface area contributed by atoms with Crippen molar-refractivity contribution in [2.24, 2.45) is 0 Å². The van der Waals surface area contributed by atoms with E-state index in [0.717, 1.165) is 29.8 Å². The number of hydrogen-bond donors (Lipinski definition) is 1. The zero-order valence-corrected chi connectivity index (χ0v) is 15.8. The number of imidazole rings is 1. The van der Waals surface area contributed by atoms with Crippen LogP contribution in [-0.4, -0.2) is 27.9 Å². The molecule has 1 aromatic heterocycles. The summed E-state index contributed by atoms with van der Waals surface area (Å²) in [7, 11) is 0. The molecule has 1 aliphatic heterocycles. The second-order valence-corrected chi connectivity index (χ2v) is 7.04. The standard InChI is InChI=1S/C22H22N4O2/c1-16-4-9-19(13-20(16)26-11-2-3-21(26)27)24-22(28)18-7-5-17(6-8-18)14-25-12-10-23-15-25/h4-10,12-13,15H,2-3,11,14H2,1H3,(H,24,28). The average molecular weight is 374 g/mol. The highest BCUT2D eigenvalue weighted by Gasteiger charge is 2.23. The van der Waals surface area contributed by atoms with Gasteiger partial charge in [0.05, 0.1) is 6.33 Å². The summed E-state index contributed by atoms with van der Waals surface area (Å²) in [4.78, 5) is 30.5. The Kier molecular flexibility index (Phi) is 4.93. The third-order valence-corrected chi connectivity index (χ3v) is 4.97. The van der Waals surface area contributed by atoms with E-state index in [-0.39, 0.29) is 11.8 Å². The molecule has 28 heavy (non-hydrogen) atoms. The fourth-order valence-corrected chi connectivity index (χ4v) is 3.44. The van der Waals surface area contributed by atoms with E-state index in [1.54, 1.807) is 17.4 Å². The maximum absolute atomic E-state index is 12.6. The predicted octanol–water partition coefficient (Wildman–Crippen LogP) is 3.62. The van der Waals surface area contributed by atoms with Crippen molar-refractivity contribution in [3.05, 3.63) is 77.9 Å². The lowest BCUT2D eigenvalue weighted by atomic mass is 10.1. The van der Waals surface area contributed by atoms with E-state index < -0.39 is 0 Å². The molecule has 142 valence electrons. The van der Waals surface area contributed by atoms with Crippen LogP contribution in [-0.2, 0) is 11.3 Å². The van der Waals surface area contributed by atoms with Crippen molar-refractivity contribution in [2.45, 2.75) is 26.3 Å². The molecule has 2 aromatic carbocycles. The van der Waals surface area contributed by atoms with Gasteiger partial charge in [-0.1, -0.05) is 18.2 Å². The van der Waals surface area contributed by atoms with Gasteiger partial charge in [-0.2, -0.15) is 0 Å². The summed E-state index contributed by atoms with van der Waals surface area (Å²) in [6.45, 7) is 3.42. The van der Waals surface area contributed by atoms with Crippen molar-refractivity contribution >= 4 is 23.2 Å². The Labute approximate surface area is 163 Å². The molecule has 1 aliphatic rings. The van der Waals surface area contributed by atoms with Crippen LogP contribution in [0.2, 0.25) is 0 Å². The smallest absolute Gasteiger partial charge is 0.255 e. The van der Waals surface area contributed by atoms with Crippen LogP contribution < -0.4 is 10.2 Å². The Morgan fingerprint density at radius 2 is 2.00 bits per heavy atom. The Balaban J connectivity index is 1.46. The zero-order chi connectivity index (χ0) is 19.5. The first-order valence-corrected chi connectivity index (χ1v) is 9.37. The number of anilines is 2. The fourth-order valence-electron chi connectivity index (χ4n) is 3.44. The molecule has 3 aromatic rings. The lowest BCUT2D eigenvalue weighted by Gasteiger charge is -2.19. The fraction of sp³-hybridized carbons (Fsp3) is 0.227. The number of amides is 2. The number of benzene rings is 2. The van der Waals surface area contributed by atoms with Gasteiger partial charge in [0, 0.05) is 48.8 Å². The van der Waals surface area contributed by atoms with Crippen LogP contribution in [0.1, 0.15) is 34.3 Å². The van der Waals surface area contributed by atoms with E-state index in [0.29, 0.717) is 24.2 Å². The van der Waals surface area contributed by atoms with Crippen molar-refractivity contribution in [1.29, 1.82) is 0 Å². The largest absolute Gasteiger partial charge is 0.333 e. The molecule has 6 heteroatoms. The van der Waals surface area contributed by atoms with E-state index in [1.165, 1.54) is 0 Å². The van der Waals surface area contributed by atoms with Gasteiger partial charge < -0.3 is 14.8 Å². The molecule has 0 spiro atoms. The SMILES string of the molecule is Cc1ccc(NC(=O)c2ccc(Cn3ccnc3)cc2)cc1N1CCCC1=O. The number of nitrogens with one attached hydrogen (secondary N) is 1. The average Bonchev–Trinajstić information content (AvgIpc) is 3.35. The van der Waals surface area contributed by atoms with Gasteiger partial charge in [-0.05, 0) is 48.7 Å². The van der Waals surface area contributed by atoms with Crippen LogP contribution in [0.4, 0.5) is 11.4 Å². The van der Waals surface area contributed by atoms with E-state index in [9.17, 15) is 9.59 Å². The van der Waals surface area contributed by atoms with Crippen molar-refractivity contribution in [3.8, 4) is 0 Å². The highest BCUT2D eigenvalue weighted by Crippen LogP contribution is 2.28. The first kappa shape index (κ1) is 18.0. The summed E-state index contributed by atoms with van der Waals surface area (Å²) in [5.74, 6) is -0.0308. The van der Waals surface area contributed by atoms with Gasteiger partial charge >= 0.3 is 0 Å². The lowest BCUT2D eigenvalue weighted by molar-refractivity contribution is -0.117. The first-order valence-electron chi connectivity index (χ1n) is 9.37. The number of aryl methyl sites for hydroxylation is 1. The molecular weight excluding hydrogens is 352 g/mol. The number of rotatable bonds is 5. The van der Waals surface area contributed by atoms with E-state index in [2.05, 4.69) is 10.3 Å². The van der Waals surface area contributed by atoms with E-state index in [1.807, 2.05) is 60.2 Å². The zero-order valence-electron chi connectivity index (χ0n) is 15.8. The molecule has 4 rings (SSSR count). The van der Waals surface area contributed by atoms with Crippen LogP contribution in [0.5, 0.6) is 0 Å². The van der Waals surface area contributed by atoms with Crippen LogP contribution in [0.15, 0.2) is 61.2 Å². The minimum absolute atomic E-state index is 0.139. The molecule has 0 saturated carbocycles. The molecule has 0 aliphatic carbocycles. The molecule has 0 atom stereocenters. The number of carbonyl (C=O) groups excluding carboxylic acids is 2. The first-order chi connectivity index (χ1) is 13.6. The van der Waals surface area contributed by atoms with Crippen molar-refractivity contribution in [3.63, 3.8) is 0 Å². The topological polar surface area (TPSA) is 67.2 Å². The quantitative estimate of drug-likeness (QED) is 0.742. The van der Waals surface area contributed by atoms with Gasteiger partial charge in [0.2, 0.25) is 5.91 Å². The number of aromatic nitrogens is 2. The highest BCUT2D eigenvalue weighted by molar-refractivity contribution is 6.05. The van der Waals surface area contributed by atoms with Crippen LogP contribution in [0, 0.1) is 6.92 Å². The molecule has 2 heterocycles. The predicted molar refractivity (Wildman–Crippen MR) is 108 cm³/mol. The Hall–Kier alpha value is -3.41. The van der Waals surface area contributed by atoms with Crippen LogP contribution in [0.3, 0.4) is 0 Å². The molecule has 1 N–H and O–H groups in total. The van der Waals surface area contributed by atoms with Gasteiger partial charge in [-0.15, -0.1) is 0 Å². The maximum atomic E-state index is 12.6. The minimum atomic E-state index is -0.170. The number of carbonyl (C=O) groups is 2. The van der Waals surface area contributed by atoms with Crippen molar-refractivity contribution in [1.82, 2.24) is 9.55 Å². The van der Waals surface area contributed by atoms with E-state index in [4.69, 9.17) is 0 Å². The molecule has 0 radical (unpaired) electrons. The Morgan fingerprint density at radius 3 is 2.68 bits per heavy atom. The molecular formula is C22H22N4O2. The molecule has 1 fully saturated rings. The van der Waals surface area contributed by atoms with Crippen molar-refractivity contribution < 1.29 is 9.59 Å². The summed E-state index contributed by atoms with van der Waals surface area (Å²) in [6.07, 6.45) is 6.87. The Bertz CT molecular complexity index is 994. The van der Waals surface area contributed by atoms with Crippen molar-refractivity contribution in [2.75, 3.05) is 16.8 Å². The normalized spacial score (nSPS) is 13.8. The maximum Gasteiger partial charge on any atom is 0.255 e. The molecule has 6 nitrogen and oxygen atoms in total. The second kappa shape index (κ2) is 7.68. The molecule has 2 amide bonds. The summed E-state index contributed by atoms with van der Waals surface area (Å²) in [5, 5.41) is 2.94. The third-order valence-electron chi connectivity index (χ3n) is 4.97. The lowest BCUT2D eigenvalue weighted by Crippen LogP contribution is -2.24.